The summed E-state index contributed by atoms with van der Waals surface area (Å²) in [6.45, 7) is 3.69. The van der Waals surface area contributed by atoms with Gasteiger partial charge in [0.15, 0.2) is 0 Å². The van der Waals surface area contributed by atoms with E-state index in [1.165, 1.54) is 0 Å². The van der Waals surface area contributed by atoms with Crippen molar-refractivity contribution in [3.05, 3.63) is 27.8 Å². The van der Waals surface area contributed by atoms with Gasteiger partial charge in [-0.25, -0.2) is 0 Å². The molecule has 0 radical (unpaired) electrons. The highest BCUT2D eigenvalue weighted by Crippen LogP contribution is 2.34. The van der Waals surface area contributed by atoms with E-state index in [-0.39, 0.29) is 6.61 Å². The minimum absolute atomic E-state index is 0.108. The number of hydrogen-bond acceptors (Lipinski definition) is 3. The topological polar surface area (TPSA) is 55.5 Å². The molecule has 0 spiro atoms. The maximum Gasteiger partial charge on any atom is 0.126 e. The average molecular weight is 230 g/mol. The molecular weight excluding hydrogens is 214 g/mol. The Balaban J connectivity index is 3.36. The van der Waals surface area contributed by atoms with Crippen LogP contribution >= 0.6 is 11.6 Å². The smallest absolute Gasteiger partial charge is 0.126 e. The second-order valence-corrected chi connectivity index (χ2v) is 3.93. The predicted octanol–water partition coefficient (Wildman–Crippen LogP) is 1.96. The maximum absolute atomic E-state index is 9.03. The van der Waals surface area contributed by atoms with Crippen molar-refractivity contribution in [2.75, 3.05) is 13.7 Å². The summed E-state index contributed by atoms with van der Waals surface area (Å²) in [4.78, 5) is 0. The van der Waals surface area contributed by atoms with Gasteiger partial charge in [-0.3, -0.25) is 0 Å². The summed E-state index contributed by atoms with van der Waals surface area (Å²) < 4.78 is 5.27. The van der Waals surface area contributed by atoms with Crippen molar-refractivity contribution < 1.29 is 9.84 Å². The van der Waals surface area contributed by atoms with E-state index < -0.39 is 6.04 Å². The van der Waals surface area contributed by atoms with Crippen LogP contribution in [0.25, 0.3) is 0 Å². The van der Waals surface area contributed by atoms with Gasteiger partial charge in [0.2, 0.25) is 0 Å². The van der Waals surface area contributed by atoms with Gasteiger partial charge >= 0.3 is 0 Å². The Labute approximate surface area is 94.8 Å². The zero-order valence-electron chi connectivity index (χ0n) is 9.17. The zero-order valence-corrected chi connectivity index (χ0v) is 9.93. The van der Waals surface area contributed by atoms with Crippen molar-refractivity contribution in [1.29, 1.82) is 0 Å². The molecule has 0 aromatic heterocycles. The Kier molecular flexibility index (Phi) is 3.97. The predicted molar refractivity (Wildman–Crippen MR) is 61.5 cm³/mol. The summed E-state index contributed by atoms with van der Waals surface area (Å²) in [5, 5.41) is 9.64. The summed E-state index contributed by atoms with van der Waals surface area (Å²) in [5.41, 5.74) is 8.42. The van der Waals surface area contributed by atoms with Crippen LogP contribution in [0.1, 0.15) is 22.7 Å². The third-order valence-corrected chi connectivity index (χ3v) is 2.95. The van der Waals surface area contributed by atoms with Gasteiger partial charge in [0, 0.05) is 10.6 Å². The number of hydrogen-bond donors (Lipinski definition) is 2. The lowest BCUT2D eigenvalue weighted by molar-refractivity contribution is 0.267. The molecule has 3 nitrogen and oxygen atoms in total. The minimum atomic E-state index is -0.419. The van der Waals surface area contributed by atoms with Crippen LogP contribution in [0, 0.1) is 13.8 Å². The molecular formula is C11H16ClNO2. The summed E-state index contributed by atoms with van der Waals surface area (Å²) in [7, 11) is 1.60. The van der Waals surface area contributed by atoms with E-state index >= 15 is 0 Å². The highest BCUT2D eigenvalue weighted by atomic mass is 35.5. The minimum Gasteiger partial charge on any atom is -0.496 e. The Hall–Kier alpha value is -0.770. The van der Waals surface area contributed by atoms with E-state index in [2.05, 4.69) is 0 Å². The molecule has 0 aliphatic heterocycles. The molecule has 4 heteroatoms. The van der Waals surface area contributed by atoms with E-state index in [0.717, 1.165) is 22.4 Å². The fourth-order valence-corrected chi connectivity index (χ4v) is 1.87. The molecule has 15 heavy (non-hydrogen) atoms. The van der Waals surface area contributed by atoms with E-state index in [4.69, 9.17) is 27.2 Å². The lowest BCUT2D eigenvalue weighted by Gasteiger charge is -2.18. The third-order valence-electron chi connectivity index (χ3n) is 2.55. The van der Waals surface area contributed by atoms with Gasteiger partial charge in [-0.2, -0.15) is 0 Å². The quantitative estimate of drug-likeness (QED) is 0.833. The monoisotopic (exact) mass is 229 g/mol. The van der Waals surface area contributed by atoms with Crippen LogP contribution < -0.4 is 10.5 Å². The summed E-state index contributed by atoms with van der Waals surface area (Å²) >= 11 is 6.05. The average Bonchev–Trinajstić information content (AvgIpc) is 2.23. The van der Waals surface area contributed by atoms with E-state index in [9.17, 15) is 0 Å². The van der Waals surface area contributed by atoms with Crippen LogP contribution in [0.15, 0.2) is 6.07 Å². The second-order valence-electron chi connectivity index (χ2n) is 3.52. The second kappa shape index (κ2) is 4.84. The molecule has 0 bridgehead atoms. The lowest BCUT2D eigenvalue weighted by atomic mass is 9.99. The number of nitrogens with two attached hydrogens (primary N) is 1. The highest BCUT2D eigenvalue weighted by molar-refractivity contribution is 6.31. The van der Waals surface area contributed by atoms with Gasteiger partial charge in [0.05, 0.1) is 19.8 Å². The number of benzene rings is 1. The first kappa shape index (κ1) is 12.3. The number of ether oxygens (including phenoxy) is 1. The largest absolute Gasteiger partial charge is 0.496 e. The van der Waals surface area contributed by atoms with Gasteiger partial charge in [0.25, 0.3) is 0 Å². The van der Waals surface area contributed by atoms with E-state index in [0.29, 0.717) is 5.02 Å². The lowest BCUT2D eigenvalue weighted by Crippen LogP contribution is -2.16. The molecule has 1 unspecified atom stereocenters. The van der Waals surface area contributed by atoms with Crippen LogP contribution in [-0.2, 0) is 0 Å². The van der Waals surface area contributed by atoms with Crippen molar-refractivity contribution in [3.8, 4) is 5.75 Å². The molecule has 0 aliphatic rings. The van der Waals surface area contributed by atoms with E-state index in [1.807, 2.05) is 13.8 Å². The molecule has 0 fully saturated rings. The Morgan fingerprint density at radius 3 is 2.53 bits per heavy atom. The fourth-order valence-electron chi connectivity index (χ4n) is 1.66. The molecule has 1 atom stereocenters. The number of aliphatic hydroxyl groups is 1. The van der Waals surface area contributed by atoms with Crippen LogP contribution in [0.2, 0.25) is 5.02 Å². The summed E-state index contributed by atoms with van der Waals surface area (Å²) in [5.74, 6) is 0.737. The molecule has 1 aromatic carbocycles. The van der Waals surface area contributed by atoms with Crippen LogP contribution in [0.4, 0.5) is 0 Å². The first-order valence-electron chi connectivity index (χ1n) is 4.73. The standard InChI is InChI=1S/C11H16ClNO2/c1-6-8(10(13)5-14)4-9(12)7(2)11(6)15-3/h4,10,14H,5,13H2,1-3H3. The zero-order chi connectivity index (χ0) is 11.6. The first-order valence-corrected chi connectivity index (χ1v) is 5.10. The van der Waals surface area contributed by atoms with Crippen LogP contribution in [0.5, 0.6) is 5.75 Å². The maximum atomic E-state index is 9.03. The Bertz CT molecular complexity index is 366. The van der Waals surface area contributed by atoms with Crippen molar-refractivity contribution in [3.63, 3.8) is 0 Å². The SMILES string of the molecule is COc1c(C)c(Cl)cc(C(N)CO)c1C. The first-order chi connectivity index (χ1) is 7.02. The van der Waals surface area contributed by atoms with Crippen LogP contribution in [0.3, 0.4) is 0 Å². The van der Waals surface area contributed by atoms with Gasteiger partial charge < -0.3 is 15.6 Å². The highest BCUT2D eigenvalue weighted by Gasteiger charge is 2.15. The molecule has 0 amide bonds. The number of methoxy groups -OCH3 is 1. The molecule has 1 aromatic rings. The van der Waals surface area contributed by atoms with Crippen molar-refractivity contribution in [2.45, 2.75) is 19.9 Å². The molecule has 0 aliphatic carbocycles. The third kappa shape index (κ3) is 2.25. The molecule has 1 rings (SSSR count). The van der Waals surface area contributed by atoms with Gasteiger partial charge in [-0.15, -0.1) is 0 Å². The molecule has 0 heterocycles. The van der Waals surface area contributed by atoms with Crippen molar-refractivity contribution in [2.24, 2.45) is 5.73 Å². The molecule has 0 saturated carbocycles. The fraction of sp³-hybridized carbons (Fsp3) is 0.455. The number of rotatable bonds is 3. The normalized spacial score (nSPS) is 12.7. The van der Waals surface area contributed by atoms with Crippen molar-refractivity contribution in [1.82, 2.24) is 0 Å². The van der Waals surface area contributed by atoms with Crippen molar-refractivity contribution >= 4 is 11.6 Å². The molecule has 84 valence electrons. The Morgan fingerprint density at radius 1 is 1.47 bits per heavy atom. The van der Waals surface area contributed by atoms with Crippen LogP contribution in [-0.4, -0.2) is 18.8 Å². The molecule has 0 saturated heterocycles. The summed E-state index contributed by atoms with van der Waals surface area (Å²) in [6.07, 6.45) is 0. The van der Waals surface area contributed by atoms with Gasteiger partial charge in [-0.1, -0.05) is 11.6 Å². The molecule has 3 N–H and O–H groups in total. The van der Waals surface area contributed by atoms with Gasteiger partial charge in [0.1, 0.15) is 5.75 Å². The number of halogens is 1. The Morgan fingerprint density at radius 2 is 2.07 bits per heavy atom. The van der Waals surface area contributed by atoms with Gasteiger partial charge in [-0.05, 0) is 31.0 Å². The summed E-state index contributed by atoms with van der Waals surface area (Å²) in [6, 6.07) is 1.37. The number of aliphatic hydroxyl groups excluding tert-OH is 1. The van der Waals surface area contributed by atoms with E-state index in [1.54, 1.807) is 13.2 Å².